The summed E-state index contributed by atoms with van der Waals surface area (Å²) < 4.78 is 24.4. The molecule has 1 amide bonds. The Hall–Kier alpha value is -2.55. The molecule has 0 spiro atoms. The van der Waals surface area contributed by atoms with Crippen LogP contribution in [0.1, 0.15) is 49.8 Å². The molecule has 6 nitrogen and oxygen atoms in total. The Morgan fingerprint density at radius 3 is 2.13 bits per heavy atom. The highest BCUT2D eigenvalue weighted by Crippen LogP contribution is 2.37. The fraction of sp³-hybridized carbons (Fsp3) is 0.367. The van der Waals surface area contributed by atoms with Crippen LogP contribution in [0.3, 0.4) is 0 Å². The Morgan fingerprint density at radius 2 is 1.53 bits per heavy atom. The minimum absolute atomic E-state index is 0.0368. The third-order valence-electron chi connectivity index (χ3n) is 5.64. The highest BCUT2D eigenvalue weighted by molar-refractivity contribution is 9.11. The van der Waals surface area contributed by atoms with E-state index in [9.17, 15) is 4.79 Å². The Bertz CT molecular complexity index is 1140. The fourth-order valence-corrected chi connectivity index (χ4v) is 5.57. The SMILES string of the molecule is COc1ccc(COCCC(CNC(=O)OC(C)(C)C)c2c(Br)cc(OCc3ccccc3)cc2Br)cc1. The molecule has 1 N–H and O–H groups in total. The second-order valence-corrected chi connectivity index (χ2v) is 11.6. The average Bonchev–Trinajstić information content (AvgIpc) is 2.87. The summed E-state index contributed by atoms with van der Waals surface area (Å²) in [5, 5.41) is 2.92. The second-order valence-electron chi connectivity index (χ2n) is 9.84. The van der Waals surface area contributed by atoms with Gasteiger partial charge in [-0.15, -0.1) is 0 Å². The van der Waals surface area contributed by atoms with Crippen molar-refractivity contribution in [2.45, 2.75) is 51.9 Å². The Balaban J connectivity index is 1.68. The standard InChI is InChI=1S/C30H35Br2NO5/c1-30(2,3)38-29(34)33-18-23(14-15-36-19-22-10-12-24(35-4)13-11-22)28-26(31)16-25(17-27(28)32)37-20-21-8-6-5-7-9-21/h5-13,16-17,23H,14-15,18-20H2,1-4H3,(H,33,34). The number of alkyl carbamates (subject to hydrolysis) is 1. The van der Waals surface area contributed by atoms with Crippen molar-refractivity contribution in [3.63, 3.8) is 0 Å². The molecule has 38 heavy (non-hydrogen) atoms. The third kappa shape index (κ3) is 9.97. The van der Waals surface area contributed by atoms with Gasteiger partial charge in [-0.05, 0) is 68.1 Å². The van der Waals surface area contributed by atoms with Gasteiger partial charge >= 0.3 is 6.09 Å². The monoisotopic (exact) mass is 647 g/mol. The van der Waals surface area contributed by atoms with Gasteiger partial charge in [0, 0.05) is 28.0 Å². The van der Waals surface area contributed by atoms with E-state index in [2.05, 4.69) is 37.2 Å². The lowest BCUT2D eigenvalue weighted by atomic mass is 9.95. The van der Waals surface area contributed by atoms with Crippen LogP contribution in [0, 0.1) is 0 Å². The number of carbonyl (C=O) groups excluding carboxylic acids is 1. The fourth-order valence-electron chi connectivity index (χ4n) is 3.78. The van der Waals surface area contributed by atoms with Gasteiger partial charge in [-0.3, -0.25) is 0 Å². The summed E-state index contributed by atoms with van der Waals surface area (Å²) in [5.74, 6) is 1.52. The van der Waals surface area contributed by atoms with Crippen molar-refractivity contribution < 1.29 is 23.7 Å². The second kappa shape index (κ2) is 14.6. The van der Waals surface area contributed by atoms with Gasteiger partial charge in [-0.1, -0.05) is 74.3 Å². The molecule has 0 bridgehead atoms. The summed E-state index contributed by atoms with van der Waals surface area (Å²) in [6.45, 7) is 7.40. The predicted octanol–water partition coefficient (Wildman–Crippen LogP) is 8.01. The van der Waals surface area contributed by atoms with Crippen LogP contribution in [0.4, 0.5) is 4.79 Å². The topological polar surface area (TPSA) is 66.0 Å². The van der Waals surface area contributed by atoms with Gasteiger partial charge in [0.2, 0.25) is 0 Å². The molecule has 0 fully saturated rings. The molecule has 204 valence electrons. The molecule has 0 aromatic heterocycles. The number of rotatable bonds is 12. The van der Waals surface area contributed by atoms with Crippen molar-refractivity contribution in [3.8, 4) is 11.5 Å². The maximum Gasteiger partial charge on any atom is 0.407 e. The summed E-state index contributed by atoms with van der Waals surface area (Å²) in [7, 11) is 1.65. The van der Waals surface area contributed by atoms with Gasteiger partial charge in [-0.2, -0.15) is 0 Å². The molecule has 8 heteroatoms. The van der Waals surface area contributed by atoms with Gasteiger partial charge in [0.1, 0.15) is 23.7 Å². The normalized spacial score (nSPS) is 12.1. The zero-order valence-corrected chi connectivity index (χ0v) is 25.4. The first-order valence-corrected chi connectivity index (χ1v) is 14.1. The number of hydrogen-bond acceptors (Lipinski definition) is 5. The molecule has 1 unspecified atom stereocenters. The van der Waals surface area contributed by atoms with E-state index in [-0.39, 0.29) is 5.92 Å². The van der Waals surface area contributed by atoms with Crippen LogP contribution in [-0.4, -0.2) is 32.0 Å². The molecule has 0 aliphatic carbocycles. The Morgan fingerprint density at radius 1 is 0.895 bits per heavy atom. The minimum atomic E-state index is -0.569. The van der Waals surface area contributed by atoms with E-state index < -0.39 is 11.7 Å². The van der Waals surface area contributed by atoms with Crippen LogP contribution in [0.15, 0.2) is 75.7 Å². The van der Waals surface area contributed by atoms with Crippen LogP contribution in [0.25, 0.3) is 0 Å². The van der Waals surface area contributed by atoms with Gasteiger partial charge in [0.15, 0.2) is 0 Å². The van der Waals surface area contributed by atoms with E-state index >= 15 is 0 Å². The van der Waals surface area contributed by atoms with Crippen LogP contribution >= 0.6 is 31.9 Å². The number of benzene rings is 3. The summed E-state index contributed by atoms with van der Waals surface area (Å²) in [6.07, 6.45) is 0.240. The first-order chi connectivity index (χ1) is 18.1. The molecule has 0 saturated heterocycles. The predicted molar refractivity (Wildman–Crippen MR) is 157 cm³/mol. The molecule has 1 atom stereocenters. The lowest BCUT2D eigenvalue weighted by Crippen LogP contribution is -2.35. The molecule has 3 aromatic carbocycles. The van der Waals surface area contributed by atoms with Crippen molar-refractivity contribution in [2.75, 3.05) is 20.3 Å². The number of amides is 1. The van der Waals surface area contributed by atoms with E-state index in [0.29, 0.717) is 32.8 Å². The average molecular weight is 649 g/mol. The molecule has 3 aromatic rings. The number of ether oxygens (including phenoxy) is 4. The number of methoxy groups -OCH3 is 1. The number of nitrogens with one attached hydrogen (secondary N) is 1. The first-order valence-electron chi connectivity index (χ1n) is 12.5. The summed E-state index contributed by atoms with van der Waals surface area (Å²) in [5.41, 5.74) is 2.62. The quantitative estimate of drug-likeness (QED) is 0.202. The van der Waals surface area contributed by atoms with Crippen molar-refractivity contribution in [1.82, 2.24) is 5.32 Å². The van der Waals surface area contributed by atoms with Gasteiger partial charge in [0.05, 0.1) is 13.7 Å². The molecular formula is C30H35Br2NO5. The third-order valence-corrected chi connectivity index (χ3v) is 6.95. The van der Waals surface area contributed by atoms with Crippen LogP contribution in [0.2, 0.25) is 0 Å². The highest BCUT2D eigenvalue weighted by Gasteiger charge is 2.22. The van der Waals surface area contributed by atoms with E-state index in [0.717, 1.165) is 37.1 Å². The zero-order valence-electron chi connectivity index (χ0n) is 22.3. The maximum absolute atomic E-state index is 12.4. The summed E-state index contributed by atoms with van der Waals surface area (Å²) >= 11 is 7.47. The Kier molecular flexibility index (Phi) is 11.5. The van der Waals surface area contributed by atoms with Gasteiger partial charge in [0.25, 0.3) is 0 Å². The van der Waals surface area contributed by atoms with Crippen molar-refractivity contribution in [3.05, 3.63) is 92.4 Å². The van der Waals surface area contributed by atoms with E-state index in [4.69, 9.17) is 18.9 Å². The lowest BCUT2D eigenvalue weighted by Gasteiger charge is -2.24. The number of carbonyl (C=O) groups is 1. The summed E-state index contributed by atoms with van der Waals surface area (Å²) in [4.78, 5) is 12.4. The molecule has 0 aliphatic rings. The number of hydrogen-bond donors (Lipinski definition) is 1. The van der Waals surface area contributed by atoms with Crippen LogP contribution in [-0.2, 0) is 22.7 Å². The van der Waals surface area contributed by atoms with Crippen molar-refractivity contribution in [2.24, 2.45) is 0 Å². The van der Waals surface area contributed by atoms with Crippen LogP contribution in [0.5, 0.6) is 11.5 Å². The van der Waals surface area contributed by atoms with E-state index in [1.807, 2.05) is 87.5 Å². The highest BCUT2D eigenvalue weighted by atomic mass is 79.9. The van der Waals surface area contributed by atoms with E-state index in [1.165, 1.54) is 0 Å². The molecule has 3 rings (SSSR count). The number of halogens is 2. The van der Waals surface area contributed by atoms with Gasteiger partial charge in [-0.25, -0.2) is 4.79 Å². The zero-order chi connectivity index (χ0) is 27.5. The smallest absolute Gasteiger partial charge is 0.407 e. The Labute approximate surface area is 242 Å². The lowest BCUT2D eigenvalue weighted by molar-refractivity contribution is 0.0519. The van der Waals surface area contributed by atoms with Gasteiger partial charge < -0.3 is 24.3 Å². The maximum atomic E-state index is 12.4. The van der Waals surface area contributed by atoms with Crippen molar-refractivity contribution >= 4 is 38.0 Å². The molecule has 0 radical (unpaired) electrons. The molecular weight excluding hydrogens is 614 g/mol. The summed E-state index contributed by atoms with van der Waals surface area (Å²) in [6, 6.07) is 21.8. The van der Waals surface area contributed by atoms with E-state index in [1.54, 1.807) is 7.11 Å². The molecule has 0 aliphatic heterocycles. The largest absolute Gasteiger partial charge is 0.497 e. The minimum Gasteiger partial charge on any atom is -0.497 e. The molecule has 0 heterocycles. The first kappa shape index (κ1) is 30.0. The molecule has 0 saturated carbocycles. The van der Waals surface area contributed by atoms with Crippen LogP contribution < -0.4 is 14.8 Å². The van der Waals surface area contributed by atoms with Crippen molar-refractivity contribution in [1.29, 1.82) is 0 Å².